The number of amides is 2. The summed E-state index contributed by atoms with van der Waals surface area (Å²) in [6.07, 6.45) is 2.20. The molecule has 1 aromatic heterocycles. The van der Waals surface area contributed by atoms with E-state index in [4.69, 9.17) is 22.1 Å². The Kier molecular flexibility index (Phi) is 4.36. The maximum absolute atomic E-state index is 14.5. The van der Waals surface area contributed by atoms with Crippen LogP contribution in [0.1, 0.15) is 35.3 Å². The smallest absolute Gasteiger partial charge is 0.406 e. The van der Waals surface area contributed by atoms with Crippen molar-refractivity contribution in [2.45, 2.75) is 26.2 Å². The number of carbonyl (C=O) groups is 2. The lowest BCUT2D eigenvalue weighted by atomic mass is 10.1. The van der Waals surface area contributed by atoms with Gasteiger partial charge in [0.25, 0.3) is 5.91 Å². The summed E-state index contributed by atoms with van der Waals surface area (Å²) in [6, 6.07) is 0.954. The minimum absolute atomic E-state index is 0.0460. The van der Waals surface area contributed by atoms with E-state index in [1.807, 2.05) is 0 Å². The molecule has 128 valence electrons. The molecule has 1 aliphatic heterocycles. The molecule has 0 radical (unpaired) electrons. The molecule has 0 saturated carbocycles. The molecule has 1 aromatic carbocycles. The number of aryl methyl sites for hydroxylation is 1. The highest BCUT2D eigenvalue weighted by Crippen LogP contribution is 2.38. The normalized spacial score (nSPS) is 14.9. The number of benzene rings is 1. The van der Waals surface area contributed by atoms with Gasteiger partial charge in [-0.05, 0) is 32.3 Å². The summed E-state index contributed by atoms with van der Waals surface area (Å²) in [5.74, 6) is -1.95. The van der Waals surface area contributed by atoms with Gasteiger partial charge in [0, 0.05) is 18.8 Å². The highest BCUT2D eigenvalue weighted by atomic mass is 35.5. The number of piperidine rings is 1. The summed E-state index contributed by atoms with van der Waals surface area (Å²) in [5.41, 5.74) is 6.03. The first-order valence-corrected chi connectivity index (χ1v) is 8.04. The number of likely N-dealkylation sites (tertiary alicyclic amines) is 1. The van der Waals surface area contributed by atoms with Crippen molar-refractivity contribution in [1.29, 1.82) is 0 Å². The van der Waals surface area contributed by atoms with Crippen LogP contribution in [0.15, 0.2) is 6.07 Å². The minimum atomic E-state index is -0.859. The topological polar surface area (TPSA) is 88.4 Å². The zero-order chi connectivity index (χ0) is 17.4. The third kappa shape index (κ3) is 2.80. The molecule has 3 rings (SSSR count). The number of aromatic amines is 1. The van der Waals surface area contributed by atoms with Gasteiger partial charge < -0.3 is 20.4 Å². The Morgan fingerprint density at radius 3 is 2.62 bits per heavy atom. The van der Waals surface area contributed by atoms with Gasteiger partial charge in [-0.15, -0.1) is 0 Å². The Morgan fingerprint density at radius 1 is 1.33 bits per heavy atom. The Balaban J connectivity index is 2.07. The van der Waals surface area contributed by atoms with Crippen LogP contribution >= 0.6 is 11.6 Å². The second-order valence-corrected chi connectivity index (χ2v) is 6.21. The van der Waals surface area contributed by atoms with Crippen LogP contribution in [0.25, 0.3) is 10.9 Å². The van der Waals surface area contributed by atoms with Crippen LogP contribution in [-0.2, 0) is 0 Å². The van der Waals surface area contributed by atoms with Gasteiger partial charge in [-0.2, -0.15) is 0 Å². The van der Waals surface area contributed by atoms with Gasteiger partial charge in [0.05, 0.1) is 21.5 Å². The summed E-state index contributed by atoms with van der Waals surface area (Å²) >= 11 is 6.21. The second kappa shape index (κ2) is 6.32. The third-order valence-electron chi connectivity index (χ3n) is 4.16. The zero-order valence-corrected chi connectivity index (χ0v) is 13.9. The van der Waals surface area contributed by atoms with E-state index in [0.29, 0.717) is 18.8 Å². The molecule has 2 heterocycles. The van der Waals surface area contributed by atoms with E-state index in [1.165, 1.54) is 4.90 Å². The van der Waals surface area contributed by atoms with Crippen molar-refractivity contribution in [2.24, 2.45) is 5.73 Å². The number of hydrogen-bond acceptors (Lipinski definition) is 3. The quantitative estimate of drug-likeness (QED) is 0.867. The van der Waals surface area contributed by atoms with E-state index in [9.17, 15) is 14.0 Å². The van der Waals surface area contributed by atoms with E-state index in [2.05, 4.69) is 4.98 Å². The van der Waals surface area contributed by atoms with E-state index in [-0.39, 0.29) is 27.2 Å². The molecule has 1 fully saturated rings. The molecule has 24 heavy (non-hydrogen) atoms. The lowest BCUT2D eigenvalue weighted by Crippen LogP contribution is -2.37. The van der Waals surface area contributed by atoms with Crippen LogP contribution in [0.4, 0.5) is 9.18 Å². The van der Waals surface area contributed by atoms with Crippen molar-refractivity contribution in [3.8, 4) is 5.75 Å². The van der Waals surface area contributed by atoms with Crippen molar-refractivity contribution in [1.82, 2.24) is 9.88 Å². The molecule has 3 N–H and O–H groups in total. The summed E-state index contributed by atoms with van der Waals surface area (Å²) < 4.78 is 19.8. The first kappa shape index (κ1) is 16.6. The summed E-state index contributed by atoms with van der Waals surface area (Å²) in [4.78, 5) is 28.3. The molecule has 0 spiro atoms. The molecular weight excluding hydrogens is 337 g/mol. The number of fused-ring (bicyclic) bond motifs is 1. The Labute approximate surface area is 142 Å². The van der Waals surface area contributed by atoms with Crippen molar-refractivity contribution in [2.75, 3.05) is 13.1 Å². The molecule has 0 unspecified atom stereocenters. The number of aromatic nitrogens is 1. The van der Waals surface area contributed by atoms with E-state index in [0.717, 1.165) is 25.3 Å². The van der Waals surface area contributed by atoms with Crippen molar-refractivity contribution < 1.29 is 18.7 Å². The molecule has 2 aromatic rings. The average molecular weight is 354 g/mol. The number of rotatable bonds is 2. The first-order valence-electron chi connectivity index (χ1n) is 7.67. The van der Waals surface area contributed by atoms with E-state index in [1.54, 1.807) is 6.92 Å². The number of primary amides is 1. The molecular formula is C16H17ClFN3O3. The van der Waals surface area contributed by atoms with Crippen LogP contribution < -0.4 is 10.5 Å². The molecule has 1 aliphatic rings. The van der Waals surface area contributed by atoms with Crippen molar-refractivity contribution >= 4 is 34.5 Å². The molecule has 1 saturated heterocycles. The van der Waals surface area contributed by atoms with Gasteiger partial charge in [-0.1, -0.05) is 11.6 Å². The largest absolute Gasteiger partial charge is 0.415 e. The standard InChI is InChI=1S/C16H17ClFN3O3/c1-8-12(17)11-13(20-8)9(15(19)22)7-10(18)14(11)24-16(23)21-5-3-2-4-6-21/h7,20H,2-6H2,1H3,(H2,19,22). The summed E-state index contributed by atoms with van der Waals surface area (Å²) in [6.45, 7) is 2.81. The number of H-pyrrole nitrogens is 1. The monoisotopic (exact) mass is 353 g/mol. The maximum Gasteiger partial charge on any atom is 0.415 e. The lowest BCUT2D eigenvalue weighted by Gasteiger charge is -2.25. The van der Waals surface area contributed by atoms with Crippen LogP contribution in [0.2, 0.25) is 5.02 Å². The fraction of sp³-hybridized carbons (Fsp3) is 0.375. The van der Waals surface area contributed by atoms with E-state index >= 15 is 0 Å². The highest BCUT2D eigenvalue weighted by molar-refractivity contribution is 6.37. The molecule has 0 atom stereocenters. The predicted molar refractivity (Wildman–Crippen MR) is 88.0 cm³/mol. The number of nitrogens with one attached hydrogen (secondary N) is 1. The van der Waals surface area contributed by atoms with Crippen LogP contribution in [0, 0.1) is 12.7 Å². The fourth-order valence-corrected chi connectivity index (χ4v) is 3.15. The van der Waals surface area contributed by atoms with Gasteiger partial charge in [0.2, 0.25) is 0 Å². The fourth-order valence-electron chi connectivity index (χ4n) is 2.92. The SMILES string of the molecule is Cc1[nH]c2c(C(N)=O)cc(F)c(OC(=O)N3CCCCC3)c2c1Cl. The van der Waals surface area contributed by atoms with Crippen molar-refractivity contribution in [3.05, 3.63) is 28.2 Å². The van der Waals surface area contributed by atoms with Crippen molar-refractivity contribution in [3.63, 3.8) is 0 Å². The molecule has 0 aliphatic carbocycles. The third-order valence-corrected chi connectivity index (χ3v) is 4.64. The number of nitrogens with zero attached hydrogens (tertiary/aromatic N) is 1. The maximum atomic E-state index is 14.5. The predicted octanol–water partition coefficient (Wildman–Crippen LogP) is 3.35. The Morgan fingerprint density at radius 2 is 2.00 bits per heavy atom. The minimum Gasteiger partial charge on any atom is -0.406 e. The van der Waals surface area contributed by atoms with Gasteiger partial charge >= 0.3 is 6.09 Å². The van der Waals surface area contributed by atoms with Crippen LogP contribution in [0.5, 0.6) is 5.75 Å². The number of carbonyl (C=O) groups excluding carboxylic acids is 2. The molecule has 2 amide bonds. The van der Waals surface area contributed by atoms with Gasteiger partial charge in [-0.25, -0.2) is 9.18 Å². The number of halogens is 2. The molecule has 8 heteroatoms. The van der Waals surface area contributed by atoms with E-state index < -0.39 is 17.8 Å². The Bertz CT molecular complexity index is 828. The number of ether oxygens (including phenoxy) is 1. The zero-order valence-electron chi connectivity index (χ0n) is 13.1. The second-order valence-electron chi connectivity index (χ2n) is 5.83. The number of nitrogens with two attached hydrogens (primary N) is 1. The average Bonchev–Trinajstić information content (AvgIpc) is 2.86. The van der Waals surface area contributed by atoms with Gasteiger partial charge in [0.1, 0.15) is 0 Å². The highest BCUT2D eigenvalue weighted by Gasteiger charge is 2.26. The van der Waals surface area contributed by atoms with Gasteiger partial charge in [-0.3, -0.25) is 4.79 Å². The molecule has 6 nitrogen and oxygen atoms in total. The summed E-state index contributed by atoms with van der Waals surface area (Å²) in [5, 5.41) is 0.335. The van der Waals surface area contributed by atoms with Crippen LogP contribution in [0.3, 0.4) is 0 Å². The number of hydrogen-bond donors (Lipinski definition) is 2. The van der Waals surface area contributed by atoms with Crippen LogP contribution in [-0.4, -0.2) is 35.0 Å². The van der Waals surface area contributed by atoms with Gasteiger partial charge in [0.15, 0.2) is 11.6 Å². The molecule has 0 bridgehead atoms. The Hall–Kier alpha value is -2.28. The summed E-state index contributed by atoms with van der Waals surface area (Å²) in [7, 11) is 0. The lowest BCUT2D eigenvalue weighted by molar-refractivity contribution is 0.100. The first-order chi connectivity index (χ1) is 11.4.